The largest absolute Gasteiger partial charge is 0.457 e. The summed E-state index contributed by atoms with van der Waals surface area (Å²) in [6, 6.07) is 24.5. The molecule has 5 nitrogen and oxygen atoms in total. The van der Waals surface area contributed by atoms with Crippen LogP contribution in [0.1, 0.15) is 27.7 Å². The standard InChI is InChI=1S/C26H23ClN2O3/c27-21-12-6-4-10-19(21)24(29-14-16-31-17-15-29)25-23(20-11-5-7-13-22(20)32-25)28-26(30)18-8-2-1-3-9-18/h1-13,24H,14-17H2,(H,28,30)/t24-/m0/s1. The van der Waals surface area contributed by atoms with E-state index in [0.29, 0.717) is 35.2 Å². The average Bonchev–Trinajstić information content (AvgIpc) is 3.19. The zero-order valence-electron chi connectivity index (χ0n) is 17.5. The zero-order chi connectivity index (χ0) is 21.9. The average molecular weight is 447 g/mol. The highest BCUT2D eigenvalue weighted by Crippen LogP contribution is 2.42. The normalized spacial score (nSPS) is 15.5. The summed E-state index contributed by atoms with van der Waals surface area (Å²) in [5, 5.41) is 4.64. The van der Waals surface area contributed by atoms with E-state index in [0.717, 1.165) is 29.6 Å². The smallest absolute Gasteiger partial charge is 0.255 e. The number of hydrogen-bond acceptors (Lipinski definition) is 4. The number of benzene rings is 3. The summed E-state index contributed by atoms with van der Waals surface area (Å²) < 4.78 is 12.0. The van der Waals surface area contributed by atoms with E-state index < -0.39 is 0 Å². The van der Waals surface area contributed by atoms with Gasteiger partial charge in [0.2, 0.25) is 0 Å². The number of rotatable bonds is 5. The molecular weight excluding hydrogens is 424 g/mol. The molecule has 3 aromatic carbocycles. The minimum absolute atomic E-state index is 0.182. The van der Waals surface area contributed by atoms with E-state index in [-0.39, 0.29) is 11.9 Å². The molecule has 1 fully saturated rings. The Balaban J connectivity index is 1.65. The zero-order valence-corrected chi connectivity index (χ0v) is 18.2. The lowest BCUT2D eigenvalue weighted by molar-refractivity contribution is 0.0206. The number of hydrogen-bond donors (Lipinski definition) is 1. The van der Waals surface area contributed by atoms with Gasteiger partial charge in [0.05, 0.1) is 24.9 Å². The summed E-state index contributed by atoms with van der Waals surface area (Å²) in [6.07, 6.45) is 0. The molecule has 1 amide bonds. The first-order chi connectivity index (χ1) is 15.7. The highest BCUT2D eigenvalue weighted by atomic mass is 35.5. The molecule has 1 aromatic heterocycles. The van der Waals surface area contributed by atoms with Crippen molar-refractivity contribution in [3.8, 4) is 0 Å². The van der Waals surface area contributed by atoms with Crippen molar-refractivity contribution in [3.63, 3.8) is 0 Å². The highest BCUT2D eigenvalue weighted by molar-refractivity contribution is 6.31. The number of nitrogens with zero attached hydrogens (tertiary/aromatic N) is 1. The number of carbonyl (C=O) groups is 1. The van der Waals surface area contributed by atoms with Crippen LogP contribution in [-0.2, 0) is 4.74 Å². The molecular formula is C26H23ClN2O3. The van der Waals surface area contributed by atoms with Gasteiger partial charge in [0.25, 0.3) is 5.91 Å². The van der Waals surface area contributed by atoms with E-state index in [1.165, 1.54) is 0 Å². The van der Waals surface area contributed by atoms with E-state index in [4.69, 9.17) is 20.8 Å². The summed E-state index contributed by atoms with van der Waals surface area (Å²) in [6.45, 7) is 2.73. The molecule has 32 heavy (non-hydrogen) atoms. The van der Waals surface area contributed by atoms with Crippen LogP contribution in [-0.4, -0.2) is 37.1 Å². The van der Waals surface area contributed by atoms with Gasteiger partial charge < -0.3 is 14.5 Å². The first-order valence-electron chi connectivity index (χ1n) is 10.7. The fourth-order valence-corrected chi connectivity index (χ4v) is 4.44. The van der Waals surface area contributed by atoms with Crippen molar-refractivity contribution in [2.24, 2.45) is 0 Å². The molecule has 6 heteroatoms. The number of nitrogens with one attached hydrogen (secondary N) is 1. The van der Waals surface area contributed by atoms with Crippen LogP contribution < -0.4 is 5.32 Å². The maximum absolute atomic E-state index is 13.1. The number of anilines is 1. The number of morpholine rings is 1. The molecule has 0 radical (unpaired) electrons. The SMILES string of the molecule is O=C(Nc1c([C@H](c2ccccc2Cl)N2CCOCC2)oc2ccccc12)c1ccccc1. The van der Waals surface area contributed by atoms with E-state index >= 15 is 0 Å². The molecule has 1 aliphatic heterocycles. The maximum Gasteiger partial charge on any atom is 0.255 e. The minimum atomic E-state index is -0.258. The van der Waals surface area contributed by atoms with Crippen LogP contribution in [0.25, 0.3) is 11.0 Å². The van der Waals surface area contributed by atoms with E-state index in [2.05, 4.69) is 10.2 Å². The van der Waals surface area contributed by atoms with Gasteiger partial charge in [-0.1, -0.05) is 60.1 Å². The third kappa shape index (κ3) is 4.02. The van der Waals surface area contributed by atoms with Crippen molar-refractivity contribution in [1.29, 1.82) is 0 Å². The fourth-order valence-electron chi connectivity index (χ4n) is 4.20. The predicted octanol–water partition coefficient (Wildman–Crippen LogP) is 5.76. The van der Waals surface area contributed by atoms with Gasteiger partial charge in [0, 0.05) is 29.1 Å². The van der Waals surface area contributed by atoms with Crippen LogP contribution in [0.5, 0.6) is 0 Å². The van der Waals surface area contributed by atoms with Crippen molar-refractivity contribution in [3.05, 3.63) is 101 Å². The second-order valence-corrected chi connectivity index (χ2v) is 8.14. The van der Waals surface area contributed by atoms with E-state index in [9.17, 15) is 4.79 Å². The Hall–Kier alpha value is -3.12. The lowest BCUT2D eigenvalue weighted by Crippen LogP contribution is -2.39. The summed E-state index contributed by atoms with van der Waals surface area (Å²) in [7, 11) is 0. The number of carbonyl (C=O) groups excluding carboxylic acids is 1. The lowest BCUT2D eigenvalue weighted by Gasteiger charge is -2.34. The number of amides is 1. The molecule has 2 heterocycles. The summed E-state index contributed by atoms with van der Waals surface area (Å²) >= 11 is 6.65. The van der Waals surface area contributed by atoms with Crippen molar-refractivity contribution in [1.82, 2.24) is 4.90 Å². The first-order valence-corrected chi connectivity index (χ1v) is 11.0. The quantitative estimate of drug-likeness (QED) is 0.423. The van der Waals surface area contributed by atoms with Gasteiger partial charge in [0.15, 0.2) is 5.76 Å². The Morgan fingerprint density at radius 2 is 1.59 bits per heavy atom. The van der Waals surface area contributed by atoms with E-state index in [1.54, 1.807) is 12.1 Å². The summed E-state index contributed by atoms with van der Waals surface area (Å²) in [5.41, 5.74) is 2.91. The Kier molecular flexibility index (Phi) is 5.95. The second-order valence-electron chi connectivity index (χ2n) is 7.73. The molecule has 0 spiro atoms. The van der Waals surface area contributed by atoms with Crippen LogP contribution in [0.15, 0.2) is 83.3 Å². The minimum Gasteiger partial charge on any atom is -0.457 e. The Labute approximate surface area is 191 Å². The topological polar surface area (TPSA) is 54.7 Å². The molecule has 0 unspecified atom stereocenters. The molecule has 0 aliphatic carbocycles. The summed E-state index contributed by atoms with van der Waals surface area (Å²) in [4.78, 5) is 15.4. The van der Waals surface area contributed by atoms with Crippen molar-refractivity contribution >= 4 is 34.2 Å². The Bertz CT molecular complexity index is 1230. The van der Waals surface area contributed by atoms with Crippen molar-refractivity contribution in [2.75, 3.05) is 31.6 Å². The van der Waals surface area contributed by atoms with Crippen molar-refractivity contribution in [2.45, 2.75) is 6.04 Å². The summed E-state index contributed by atoms with van der Waals surface area (Å²) in [5.74, 6) is 0.490. The molecule has 0 saturated carbocycles. The first kappa shape index (κ1) is 20.8. The number of halogens is 1. The van der Waals surface area contributed by atoms with Gasteiger partial charge in [-0.05, 0) is 35.9 Å². The third-order valence-corrected chi connectivity index (χ3v) is 6.10. The molecule has 162 valence electrons. The van der Waals surface area contributed by atoms with Crippen LogP contribution in [0.3, 0.4) is 0 Å². The van der Waals surface area contributed by atoms with Crippen LogP contribution in [0.2, 0.25) is 5.02 Å². The molecule has 4 aromatic rings. The van der Waals surface area contributed by atoms with E-state index in [1.807, 2.05) is 66.7 Å². The number of fused-ring (bicyclic) bond motifs is 1. The third-order valence-electron chi connectivity index (χ3n) is 5.76. The number of para-hydroxylation sites is 1. The number of ether oxygens (including phenoxy) is 1. The molecule has 1 N–H and O–H groups in total. The number of furan rings is 1. The Morgan fingerprint density at radius 1 is 0.906 bits per heavy atom. The Morgan fingerprint density at radius 3 is 2.38 bits per heavy atom. The molecule has 1 atom stereocenters. The molecule has 0 bridgehead atoms. The van der Waals surface area contributed by atoms with Crippen molar-refractivity contribution < 1.29 is 13.9 Å². The van der Waals surface area contributed by atoms with Crippen LogP contribution in [0.4, 0.5) is 5.69 Å². The molecule has 1 saturated heterocycles. The maximum atomic E-state index is 13.1. The lowest BCUT2D eigenvalue weighted by atomic mass is 10.00. The van der Waals surface area contributed by atoms with Gasteiger partial charge >= 0.3 is 0 Å². The molecule has 5 rings (SSSR count). The van der Waals surface area contributed by atoms with Gasteiger partial charge in [-0.25, -0.2) is 0 Å². The van der Waals surface area contributed by atoms with Crippen LogP contribution >= 0.6 is 11.6 Å². The van der Waals surface area contributed by atoms with Crippen LogP contribution in [0, 0.1) is 0 Å². The van der Waals surface area contributed by atoms with Gasteiger partial charge in [-0.3, -0.25) is 9.69 Å². The fraction of sp³-hybridized carbons (Fsp3) is 0.192. The predicted molar refractivity (Wildman–Crippen MR) is 126 cm³/mol. The second kappa shape index (κ2) is 9.17. The highest BCUT2D eigenvalue weighted by Gasteiger charge is 2.32. The van der Waals surface area contributed by atoms with Gasteiger partial charge in [-0.2, -0.15) is 0 Å². The molecule has 1 aliphatic rings. The van der Waals surface area contributed by atoms with Gasteiger partial charge in [0.1, 0.15) is 5.58 Å². The monoisotopic (exact) mass is 446 g/mol. The van der Waals surface area contributed by atoms with Gasteiger partial charge in [-0.15, -0.1) is 0 Å².